The molecular formula is C27H17ClF3N3O2S2. The number of thiophene rings is 1. The van der Waals surface area contributed by atoms with Gasteiger partial charge in [-0.25, -0.2) is 4.98 Å². The standard InChI is InChI=1S/C27H17ClF3N3O2S2/c28-20-12-11-17(27(29,30)31)13-21(20)32-23(35)15-37-26-33-24-19(14-22(38-24)16-7-3-1-4-8-16)25(36)34(26)18-9-5-2-6-10-18/h1-14H,15H2,(H,32,35). The summed E-state index contributed by atoms with van der Waals surface area (Å²) in [5.41, 5.74) is 0.155. The minimum absolute atomic E-state index is 0.0240. The van der Waals surface area contributed by atoms with Gasteiger partial charge in [0, 0.05) is 4.88 Å². The molecule has 38 heavy (non-hydrogen) atoms. The predicted molar refractivity (Wildman–Crippen MR) is 146 cm³/mol. The highest BCUT2D eigenvalue weighted by Gasteiger charge is 2.31. The fourth-order valence-electron chi connectivity index (χ4n) is 3.72. The Morgan fingerprint density at radius 1 is 1.00 bits per heavy atom. The number of nitrogens with one attached hydrogen (secondary N) is 1. The van der Waals surface area contributed by atoms with Crippen molar-refractivity contribution in [2.45, 2.75) is 11.3 Å². The molecule has 5 aromatic rings. The van der Waals surface area contributed by atoms with Crippen molar-refractivity contribution in [2.75, 3.05) is 11.1 Å². The Labute approximate surface area is 227 Å². The van der Waals surface area contributed by atoms with E-state index in [-0.39, 0.29) is 27.2 Å². The van der Waals surface area contributed by atoms with E-state index in [0.717, 1.165) is 40.4 Å². The third-order valence-electron chi connectivity index (χ3n) is 5.51. The molecule has 2 aromatic heterocycles. The maximum Gasteiger partial charge on any atom is 0.416 e. The van der Waals surface area contributed by atoms with E-state index >= 15 is 0 Å². The molecule has 2 heterocycles. The molecule has 0 saturated heterocycles. The van der Waals surface area contributed by atoms with E-state index in [1.54, 1.807) is 30.3 Å². The minimum Gasteiger partial charge on any atom is -0.324 e. The molecule has 0 saturated carbocycles. The zero-order chi connectivity index (χ0) is 26.9. The van der Waals surface area contributed by atoms with Crippen LogP contribution in [0.15, 0.2) is 94.9 Å². The zero-order valence-corrected chi connectivity index (χ0v) is 21.7. The van der Waals surface area contributed by atoms with Crippen molar-refractivity contribution in [1.82, 2.24) is 9.55 Å². The summed E-state index contributed by atoms with van der Waals surface area (Å²) in [7, 11) is 0. The number of alkyl halides is 3. The molecule has 0 spiro atoms. The summed E-state index contributed by atoms with van der Waals surface area (Å²) in [6.07, 6.45) is -4.58. The summed E-state index contributed by atoms with van der Waals surface area (Å²) in [4.78, 5) is 32.4. The number of hydrogen-bond acceptors (Lipinski definition) is 5. The molecule has 1 N–H and O–H groups in total. The highest BCUT2D eigenvalue weighted by molar-refractivity contribution is 7.99. The van der Waals surface area contributed by atoms with Gasteiger partial charge in [0.1, 0.15) is 4.83 Å². The van der Waals surface area contributed by atoms with Crippen LogP contribution < -0.4 is 10.9 Å². The SMILES string of the molecule is O=C(CSc1nc2sc(-c3ccccc3)cc2c(=O)n1-c1ccccc1)Nc1cc(C(F)(F)F)ccc1Cl. The largest absolute Gasteiger partial charge is 0.416 e. The number of thioether (sulfide) groups is 1. The first-order chi connectivity index (χ1) is 18.2. The minimum atomic E-state index is -4.58. The van der Waals surface area contributed by atoms with Gasteiger partial charge in [-0.1, -0.05) is 71.9 Å². The molecular weight excluding hydrogens is 555 g/mol. The van der Waals surface area contributed by atoms with Crippen LogP contribution in [0.5, 0.6) is 0 Å². The predicted octanol–water partition coefficient (Wildman–Crippen LogP) is 7.52. The molecule has 1 amide bonds. The topological polar surface area (TPSA) is 64.0 Å². The van der Waals surface area contributed by atoms with Crippen molar-refractivity contribution in [3.05, 3.63) is 106 Å². The van der Waals surface area contributed by atoms with Crippen LogP contribution in [0.1, 0.15) is 5.56 Å². The zero-order valence-electron chi connectivity index (χ0n) is 19.3. The second-order valence-electron chi connectivity index (χ2n) is 8.10. The van der Waals surface area contributed by atoms with E-state index in [1.165, 1.54) is 15.9 Å². The lowest BCUT2D eigenvalue weighted by atomic mass is 10.2. The Morgan fingerprint density at radius 2 is 1.68 bits per heavy atom. The fourth-order valence-corrected chi connectivity index (χ4v) is 5.78. The summed E-state index contributed by atoms with van der Waals surface area (Å²) in [6.45, 7) is 0. The molecule has 0 bridgehead atoms. The lowest BCUT2D eigenvalue weighted by Crippen LogP contribution is -2.22. The average molecular weight is 572 g/mol. The van der Waals surface area contributed by atoms with Crippen molar-refractivity contribution in [2.24, 2.45) is 0 Å². The summed E-state index contributed by atoms with van der Waals surface area (Å²) >= 11 is 8.37. The number of fused-ring (bicyclic) bond motifs is 1. The lowest BCUT2D eigenvalue weighted by Gasteiger charge is -2.13. The van der Waals surface area contributed by atoms with Crippen LogP contribution in [0.2, 0.25) is 5.02 Å². The van der Waals surface area contributed by atoms with E-state index < -0.39 is 17.6 Å². The van der Waals surface area contributed by atoms with Crippen molar-refractivity contribution in [1.29, 1.82) is 0 Å². The van der Waals surface area contributed by atoms with Gasteiger partial charge in [-0.05, 0) is 42.0 Å². The Hall–Kier alpha value is -3.60. The Kier molecular flexibility index (Phi) is 7.29. The number of halogens is 4. The molecule has 192 valence electrons. The number of carbonyl (C=O) groups is 1. The first kappa shape index (κ1) is 26.0. The van der Waals surface area contributed by atoms with Crippen LogP contribution >= 0.6 is 34.7 Å². The first-order valence-electron chi connectivity index (χ1n) is 11.2. The van der Waals surface area contributed by atoms with Gasteiger partial charge in [0.25, 0.3) is 5.56 Å². The normalized spacial score (nSPS) is 11.6. The monoisotopic (exact) mass is 571 g/mol. The molecule has 0 radical (unpaired) electrons. The number of amides is 1. The summed E-state index contributed by atoms with van der Waals surface area (Å²) < 4.78 is 40.7. The van der Waals surface area contributed by atoms with Gasteiger partial charge in [0.2, 0.25) is 5.91 Å². The third-order valence-corrected chi connectivity index (χ3v) is 7.85. The summed E-state index contributed by atoms with van der Waals surface area (Å²) in [5.74, 6) is -0.810. The van der Waals surface area contributed by atoms with Gasteiger partial charge < -0.3 is 5.32 Å². The van der Waals surface area contributed by atoms with Crippen LogP contribution in [0.3, 0.4) is 0 Å². The lowest BCUT2D eigenvalue weighted by molar-refractivity contribution is -0.137. The fraction of sp³-hybridized carbons (Fsp3) is 0.0741. The molecule has 0 aliphatic heterocycles. The Bertz CT molecular complexity index is 1690. The van der Waals surface area contributed by atoms with Crippen molar-refractivity contribution in [3.63, 3.8) is 0 Å². The van der Waals surface area contributed by atoms with Gasteiger partial charge in [-0.15, -0.1) is 11.3 Å². The number of aromatic nitrogens is 2. The van der Waals surface area contributed by atoms with Crippen molar-refractivity contribution < 1.29 is 18.0 Å². The number of hydrogen-bond donors (Lipinski definition) is 1. The Morgan fingerprint density at radius 3 is 2.37 bits per heavy atom. The summed E-state index contributed by atoms with van der Waals surface area (Å²) in [6, 6.07) is 23.0. The number of carbonyl (C=O) groups excluding carboxylic acids is 1. The van der Waals surface area contributed by atoms with E-state index in [4.69, 9.17) is 16.6 Å². The van der Waals surface area contributed by atoms with E-state index in [0.29, 0.717) is 15.9 Å². The second kappa shape index (κ2) is 10.6. The van der Waals surface area contributed by atoms with Crippen LogP contribution in [-0.4, -0.2) is 21.2 Å². The van der Waals surface area contributed by atoms with Crippen LogP contribution in [0.25, 0.3) is 26.3 Å². The molecule has 0 aliphatic carbocycles. The number of anilines is 1. The van der Waals surface area contributed by atoms with Gasteiger partial charge >= 0.3 is 6.18 Å². The summed E-state index contributed by atoms with van der Waals surface area (Å²) in [5, 5.41) is 3.13. The molecule has 0 unspecified atom stereocenters. The number of nitrogens with zero attached hydrogens (tertiary/aromatic N) is 2. The molecule has 0 fully saturated rings. The van der Waals surface area contributed by atoms with Gasteiger partial charge in [0.15, 0.2) is 5.16 Å². The first-order valence-corrected chi connectivity index (χ1v) is 13.4. The molecule has 0 atom stereocenters. The maximum atomic E-state index is 13.6. The highest BCUT2D eigenvalue weighted by Crippen LogP contribution is 2.35. The molecule has 5 nitrogen and oxygen atoms in total. The number of rotatable bonds is 6. The number of benzene rings is 3. The van der Waals surface area contributed by atoms with E-state index in [2.05, 4.69) is 5.32 Å². The second-order valence-corrected chi connectivity index (χ2v) is 10.5. The average Bonchev–Trinajstić information content (AvgIpc) is 3.34. The number of para-hydroxylation sites is 1. The quantitative estimate of drug-likeness (QED) is 0.169. The van der Waals surface area contributed by atoms with Crippen LogP contribution in [-0.2, 0) is 11.0 Å². The maximum absolute atomic E-state index is 13.6. The van der Waals surface area contributed by atoms with Gasteiger partial charge in [-0.3, -0.25) is 14.2 Å². The van der Waals surface area contributed by atoms with E-state index in [9.17, 15) is 22.8 Å². The Balaban J connectivity index is 1.48. The van der Waals surface area contributed by atoms with Crippen LogP contribution in [0.4, 0.5) is 18.9 Å². The smallest absolute Gasteiger partial charge is 0.324 e. The van der Waals surface area contributed by atoms with Crippen molar-refractivity contribution >= 4 is 56.5 Å². The molecule has 5 rings (SSSR count). The molecule has 3 aromatic carbocycles. The van der Waals surface area contributed by atoms with E-state index in [1.807, 2.05) is 36.4 Å². The molecule has 11 heteroatoms. The third kappa shape index (κ3) is 5.47. The van der Waals surface area contributed by atoms with Crippen LogP contribution in [0, 0.1) is 0 Å². The molecule has 0 aliphatic rings. The van der Waals surface area contributed by atoms with Gasteiger partial charge in [0.05, 0.1) is 33.1 Å². The van der Waals surface area contributed by atoms with Crippen molar-refractivity contribution in [3.8, 4) is 16.1 Å². The highest BCUT2D eigenvalue weighted by atomic mass is 35.5. The van der Waals surface area contributed by atoms with Gasteiger partial charge in [-0.2, -0.15) is 13.2 Å².